The van der Waals surface area contributed by atoms with E-state index in [1.54, 1.807) is 0 Å². The van der Waals surface area contributed by atoms with Crippen molar-refractivity contribution in [3.8, 4) is 11.1 Å². The minimum Gasteiger partial charge on any atom is -0.354 e. The summed E-state index contributed by atoms with van der Waals surface area (Å²) >= 11 is 0. The molecule has 1 saturated carbocycles. The van der Waals surface area contributed by atoms with Crippen molar-refractivity contribution >= 4 is 43.0 Å². The highest BCUT2D eigenvalue weighted by Gasteiger charge is 2.31. The van der Waals surface area contributed by atoms with Crippen LogP contribution in [0.5, 0.6) is 0 Å². The van der Waals surface area contributed by atoms with Gasteiger partial charge in [0.05, 0.1) is 0 Å². The average Bonchev–Trinajstić information content (AvgIpc) is 3.40. The van der Waals surface area contributed by atoms with Crippen LogP contribution in [0.15, 0.2) is 36.7 Å². The van der Waals surface area contributed by atoms with E-state index in [1.165, 1.54) is 31.5 Å². The Morgan fingerprint density at radius 1 is 0.880 bits per heavy atom. The van der Waals surface area contributed by atoms with Crippen LogP contribution >= 0.6 is 37.2 Å². The van der Waals surface area contributed by atoms with Crippen LogP contribution in [0.4, 0.5) is 5.82 Å². The van der Waals surface area contributed by atoms with Gasteiger partial charge in [0.25, 0.3) is 0 Å². The summed E-state index contributed by atoms with van der Waals surface area (Å²) < 4.78 is 0. The zero-order valence-electron chi connectivity index (χ0n) is 14.3. The zero-order chi connectivity index (χ0) is 14.9. The molecule has 3 heterocycles. The maximum Gasteiger partial charge on any atom is 0.128 e. The van der Waals surface area contributed by atoms with Gasteiger partial charge in [-0.2, -0.15) is 0 Å². The first kappa shape index (κ1) is 22.0. The second kappa shape index (κ2) is 9.58. The van der Waals surface area contributed by atoms with Crippen molar-refractivity contribution in [2.45, 2.75) is 25.8 Å². The lowest BCUT2D eigenvalue weighted by Gasteiger charge is -2.35. The van der Waals surface area contributed by atoms with Crippen molar-refractivity contribution in [2.24, 2.45) is 0 Å². The van der Waals surface area contributed by atoms with Crippen molar-refractivity contribution < 1.29 is 0 Å². The number of piperazine rings is 1. The fourth-order valence-electron chi connectivity index (χ4n) is 3.22. The predicted octanol–water partition coefficient (Wildman–Crippen LogP) is 4.00. The van der Waals surface area contributed by atoms with Gasteiger partial charge in [0, 0.05) is 55.9 Å². The number of anilines is 1. The third kappa shape index (κ3) is 5.20. The molecule has 0 unspecified atom stereocenters. The molecule has 0 spiro atoms. The van der Waals surface area contributed by atoms with Gasteiger partial charge in [0.2, 0.25) is 0 Å². The van der Waals surface area contributed by atoms with Gasteiger partial charge in [0.15, 0.2) is 0 Å². The highest BCUT2D eigenvalue weighted by molar-refractivity contribution is 5.86. The van der Waals surface area contributed by atoms with Gasteiger partial charge >= 0.3 is 0 Å². The number of pyridine rings is 2. The Balaban J connectivity index is 0.00000104. The van der Waals surface area contributed by atoms with E-state index in [0.717, 1.165) is 36.2 Å². The fraction of sp³-hybridized carbons (Fsp3) is 0.444. The van der Waals surface area contributed by atoms with Gasteiger partial charge in [0.1, 0.15) is 5.82 Å². The van der Waals surface area contributed by atoms with Crippen LogP contribution < -0.4 is 4.90 Å². The van der Waals surface area contributed by atoms with E-state index in [1.807, 2.05) is 25.4 Å². The molecular weight excluding hydrogens is 379 g/mol. The van der Waals surface area contributed by atoms with Gasteiger partial charge in [-0.3, -0.25) is 9.88 Å². The first-order valence-electron chi connectivity index (χ1n) is 8.18. The zero-order valence-corrected chi connectivity index (χ0v) is 16.7. The first-order chi connectivity index (χ1) is 10.8. The fourth-order valence-corrected chi connectivity index (χ4v) is 3.22. The van der Waals surface area contributed by atoms with E-state index in [2.05, 4.69) is 38.0 Å². The maximum absolute atomic E-state index is 4.68. The maximum atomic E-state index is 4.68. The summed E-state index contributed by atoms with van der Waals surface area (Å²) in [7, 11) is 0. The summed E-state index contributed by atoms with van der Waals surface area (Å²) in [6, 6.07) is 9.35. The van der Waals surface area contributed by atoms with E-state index in [-0.39, 0.29) is 37.2 Å². The van der Waals surface area contributed by atoms with Crippen LogP contribution in [0.2, 0.25) is 0 Å². The quantitative estimate of drug-likeness (QED) is 0.775. The summed E-state index contributed by atoms with van der Waals surface area (Å²) in [5.41, 5.74) is 3.38. The number of nitrogens with zero attached hydrogens (tertiary/aromatic N) is 4. The van der Waals surface area contributed by atoms with E-state index in [0.29, 0.717) is 0 Å². The molecule has 0 amide bonds. The van der Waals surface area contributed by atoms with E-state index < -0.39 is 0 Å². The summed E-state index contributed by atoms with van der Waals surface area (Å²) in [4.78, 5) is 14.0. The van der Waals surface area contributed by atoms with Crippen LogP contribution in [0.1, 0.15) is 18.5 Å². The lowest BCUT2D eigenvalue weighted by atomic mass is 10.1. The molecule has 2 aromatic rings. The molecule has 2 fully saturated rings. The first-order valence-corrected chi connectivity index (χ1v) is 8.18. The molecule has 0 aromatic carbocycles. The van der Waals surface area contributed by atoms with Crippen LogP contribution in [-0.4, -0.2) is 47.1 Å². The highest BCUT2D eigenvalue weighted by atomic mass is 35.5. The van der Waals surface area contributed by atoms with Crippen molar-refractivity contribution in [1.29, 1.82) is 0 Å². The molecule has 0 radical (unpaired) electrons. The smallest absolute Gasteiger partial charge is 0.128 e. The second-order valence-corrected chi connectivity index (χ2v) is 6.35. The minimum atomic E-state index is 0. The molecule has 1 saturated heterocycles. The topological polar surface area (TPSA) is 32.3 Å². The largest absolute Gasteiger partial charge is 0.354 e. The molecule has 7 heteroatoms. The van der Waals surface area contributed by atoms with Crippen molar-refractivity contribution in [3.63, 3.8) is 0 Å². The third-order valence-corrected chi connectivity index (χ3v) is 4.68. The number of aryl methyl sites for hydroxylation is 1. The Kier molecular flexibility index (Phi) is 8.42. The molecular formula is C18H25Cl3N4. The van der Waals surface area contributed by atoms with Crippen LogP contribution in [0.3, 0.4) is 0 Å². The summed E-state index contributed by atoms with van der Waals surface area (Å²) in [6.45, 7) is 6.56. The Labute approximate surface area is 168 Å². The van der Waals surface area contributed by atoms with Gasteiger partial charge in [-0.15, -0.1) is 37.2 Å². The second-order valence-electron chi connectivity index (χ2n) is 6.35. The molecule has 138 valence electrons. The normalized spacial score (nSPS) is 17.1. The van der Waals surface area contributed by atoms with Crippen molar-refractivity contribution in [2.75, 3.05) is 31.1 Å². The van der Waals surface area contributed by atoms with Crippen molar-refractivity contribution in [1.82, 2.24) is 14.9 Å². The summed E-state index contributed by atoms with van der Waals surface area (Å²) in [6.07, 6.45) is 6.64. The van der Waals surface area contributed by atoms with Gasteiger partial charge in [-0.25, -0.2) is 4.98 Å². The molecule has 25 heavy (non-hydrogen) atoms. The molecule has 0 N–H and O–H groups in total. The monoisotopic (exact) mass is 402 g/mol. The molecule has 4 rings (SSSR count). The Bertz CT molecular complexity index is 654. The lowest BCUT2D eigenvalue weighted by Crippen LogP contribution is -2.47. The molecule has 4 nitrogen and oxygen atoms in total. The number of aromatic nitrogens is 2. The number of hydrogen-bond acceptors (Lipinski definition) is 4. The van der Waals surface area contributed by atoms with Crippen LogP contribution in [-0.2, 0) is 0 Å². The van der Waals surface area contributed by atoms with Gasteiger partial charge < -0.3 is 4.90 Å². The van der Waals surface area contributed by atoms with Crippen molar-refractivity contribution in [3.05, 3.63) is 42.4 Å². The molecule has 1 aliphatic heterocycles. The average molecular weight is 404 g/mol. The SMILES string of the molecule is Cc1cc(-c2ccc(N3CCN(C4CC4)CC3)nc2)ccn1.Cl.Cl.Cl. The molecule has 0 bridgehead atoms. The molecule has 2 aliphatic rings. The van der Waals surface area contributed by atoms with E-state index in [9.17, 15) is 0 Å². The summed E-state index contributed by atoms with van der Waals surface area (Å²) in [5, 5.41) is 0. The van der Waals surface area contributed by atoms with Gasteiger partial charge in [-0.1, -0.05) is 0 Å². The Morgan fingerprint density at radius 3 is 2.16 bits per heavy atom. The van der Waals surface area contributed by atoms with E-state index >= 15 is 0 Å². The van der Waals surface area contributed by atoms with E-state index in [4.69, 9.17) is 0 Å². The van der Waals surface area contributed by atoms with Gasteiger partial charge in [-0.05, 0) is 49.6 Å². The standard InChI is InChI=1S/C18H22N4.3ClH/c1-14-12-15(6-7-19-14)16-2-5-18(20-13-16)22-10-8-21(9-11-22)17-3-4-17;;;/h2,5-7,12-13,17H,3-4,8-11H2,1H3;3*1H. The number of halogens is 3. The summed E-state index contributed by atoms with van der Waals surface area (Å²) in [5.74, 6) is 1.10. The Morgan fingerprint density at radius 2 is 1.60 bits per heavy atom. The third-order valence-electron chi connectivity index (χ3n) is 4.68. The molecule has 2 aromatic heterocycles. The number of rotatable bonds is 3. The Hall–Kier alpha value is -1.07. The molecule has 0 atom stereocenters. The van der Waals surface area contributed by atoms with Crippen LogP contribution in [0, 0.1) is 6.92 Å². The predicted molar refractivity (Wildman–Crippen MR) is 111 cm³/mol. The highest BCUT2D eigenvalue weighted by Crippen LogP contribution is 2.28. The molecule has 1 aliphatic carbocycles. The minimum absolute atomic E-state index is 0. The number of hydrogen-bond donors (Lipinski definition) is 0. The van der Waals surface area contributed by atoms with Crippen LogP contribution in [0.25, 0.3) is 11.1 Å². The lowest BCUT2D eigenvalue weighted by molar-refractivity contribution is 0.247.